The van der Waals surface area contributed by atoms with Gasteiger partial charge in [0.05, 0.1) is 20.6 Å². The molecule has 0 unspecified atom stereocenters. The van der Waals surface area contributed by atoms with Crippen molar-refractivity contribution in [1.29, 1.82) is 0 Å². The third-order valence-corrected chi connectivity index (χ3v) is 5.79. The van der Waals surface area contributed by atoms with Gasteiger partial charge in [-0.25, -0.2) is 13.1 Å². The summed E-state index contributed by atoms with van der Waals surface area (Å²) < 4.78 is 27.0. The van der Waals surface area contributed by atoms with Gasteiger partial charge in [-0.05, 0) is 37.3 Å². The highest BCUT2D eigenvalue weighted by atomic mass is 35.5. The Morgan fingerprint density at radius 3 is 2.22 bits per heavy atom. The molecule has 0 aliphatic carbocycles. The lowest BCUT2D eigenvalue weighted by Gasteiger charge is -2.06. The predicted molar refractivity (Wildman–Crippen MR) is 90.2 cm³/mol. The predicted octanol–water partition coefficient (Wildman–Crippen LogP) is 4.32. The molecule has 0 spiro atoms. The van der Waals surface area contributed by atoms with Gasteiger partial charge in [-0.3, -0.25) is 0 Å². The van der Waals surface area contributed by atoms with Crippen LogP contribution in [0.5, 0.6) is 0 Å². The van der Waals surface area contributed by atoms with Crippen molar-refractivity contribution in [2.45, 2.75) is 16.8 Å². The minimum Gasteiger partial charge on any atom is -0.235 e. The van der Waals surface area contributed by atoms with Crippen LogP contribution in [0.15, 0.2) is 64.5 Å². The van der Waals surface area contributed by atoms with E-state index >= 15 is 0 Å². The molecule has 0 aliphatic rings. The normalized spacial score (nSPS) is 11.6. The first-order chi connectivity index (χ1) is 10.9. The first-order valence-corrected chi connectivity index (χ1v) is 8.96. The number of benzene rings is 2. The second-order valence-corrected chi connectivity index (χ2v) is 7.60. The molecule has 0 N–H and O–H groups in total. The molecule has 0 aliphatic heterocycles. The average Bonchev–Trinajstić information content (AvgIpc) is 2.90. The quantitative estimate of drug-likeness (QED) is 0.693. The molecule has 1 heterocycles. The number of aromatic nitrogens is 2. The van der Waals surface area contributed by atoms with Gasteiger partial charge in [0.1, 0.15) is 0 Å². The standard InChI is InChI=1S/C16H12Cl2N2O2S/c1-11-10-16(19-20(11)14-8-4-2-6-12(14)17)23(21,22)15-9-5-3-7-13(15)18/h2-10H,1H3. The summed E-state index contributed by atoms with van der Waals surface area (Å²) in [6.07, 6.45) is 0. The fraction of sp³-hybridized carbons (Fsp3) is 0.0625. The molecular formula is C16H12Cl2N2O2S. The van der Waals surface area contributed by atoms with Gasteiger partial charge in [0, 0.05) is 5.69 Å². The molecular weight excluding hydrogens is 355 g/mol. The van der Waals surface area contributed by atoms with E-state index in [0.29, 0.717) is 16.4 Å². The van der Waals surface area contributed by atoms with Crippen LogP contribution < -0.4 is 0 Å². The zero-order valence-electron chi connectivity index (χ0n) is 12.1. The average molecular weight is 367 g/mol. The van der Waals surface area contributed by atoms with Crippen molar-refractivity contribution in [3.05, 3.63) is 70.3 Å². The molecule has 7 heteroatoms. The lowest BCUT2D eigenvalue weighted by Crippen LogP contribution is -2.05. The van der Waals surface area contributed by atoms with Crippen molar-refractivity contribution >= 4 is 33.0 Å². The van der Waals surface area contributed by atoms with Gasteiger partial charge >= 0.3 is 0 Å². The van der Waals surface area contributed by atoms with E-state index in [0.717, 1.165) is 0 Å². The highest BCUT2D eigenvalue weighted by molar-refractivity contribution is 7.91. The fourth-order valence-electron chi connectivity index (χ4n) is 2.22. The molecule has 0 saturated carbocycles. The second-order valence-electron chi connectivity index (χ2n) is 4.92. The molecule has 0 atom stereocenters. The Morgan fingerprint density at radius 1 is 0.957 bits per heavy atom. The number of rotatable bonds is 3. The summed E-state index contributed by atoms with van der Waals surface area (Å²) in [6.45, 7) is 1.77. The van der Waals surface area contributed by atoms with E-state index in [9.17, 15) is 8.42 Å². The van der Waals surface area contributed by atoms with E-state index in [1.54, 1.807) is 37.3 Å². The Morgan fingerprint density at radius 2 is 1.57 bits per heavy atom. The molecule has 118 valence electrons. The van der Waals surface area contributed by atoms with E-state index < -0.39 is 9.84 Å². The number of aryl methyl sites for hydroxylation is 1. The molecule has 4 nitrogen and oxygen atoms in total. The first kappa shape index (κ1) is 16.1. The number of sulfone groups is 1. The summed E-state index contributed by atoms with van der Waals surface area (Å²) in [5.74, 6) is 0. The van der Waals surface area contributed by atoms with Crippen LogP contribution in [0.4, 0.5) is 0 Å². The molecule has 0 saturated heterocycles. The SMILES string of the molecule is Cc1cc(S(=O)(=O)c2ccccc2Cl)nn1-c1ccccc1Cl. The Bertz CT molecular complexity index is 981. The Hall–Kier alpha value is -1.82. The van der Waals surface area contributed by atoms with Gasteiger partial charge in [-0.15, -0.1) is 0 Å². The van der Waals surface area contributed by atoms with Crippen LogP contribution in [-0.4, -0.2) is 18.2 Å². The van der Waals surface area contributed by atoms with Crippen molar-refractivity contribution in [3.8, 4) is 5.69 Å². The van der Waals surface area contributed by atoms with Gasteiger partial charge < -0.3 is 0 Å². The largest absolute Gasteiger partial charge is 0.235 e. The van der Waals surface area contributed by atoms with Crippen molar-refractivity contribution in [2.75, 3.05) is 0 Å². The summed E-state index contributed by atoms with van der Waals surface area (Å²) in [5, 5.41) is 4.80. The van der Waals surface area contributed by atoms with Crippen molar-refractivity contribution < 1.29 is 8.42 Å². The van der Waals surface area contributed by atoms with Gasteiger partial charge in [0.2, 0.25) is 9.84 Å². The minimum absolute atomic E-state index is 0.0328. The highest BCUT2D eigenvalue weighted by Crippen LogP contribution is 2.28. The van der Waals surface area contributed by atoms with Crippen LogP contribution in [-0.2, 0) is 9.84 Å². The Labute approximate surface area is 144 Å². The van der Waals surface area contributed by atoms with E-state index in [4.69, 9.17) is 23.2 Å². The van der Waals surface area contributed by atoms with Crippen molar-refractivity contribution in [1.82, 2.24) is 9.78 Å². The van der Waals surface area contributed by atoms with Gasteiger partial charge in [0.25, 0.3) is 0 Å². The second kappa shape index (κ2) is 6.00. The maximum absolute atomic E-state index is 12.7. The van der Waals surface area contributed by atoms with Crippen LogP contribution in [0, 0.1) is 6.92 Å². The van der Waals surface area contributed by atoms with E-state index in [-0.39, 0.29) is 14.9 Å². The summed E-state index contributed by atoms with van der Waals surface area (Å²) in [4.78, 5) is 0.0328. The summed E-state index contributed by atoms with van der Waals surface area (Å²) >= 11 is 12.2. The van der Waals surface area contributed by atoms with E-state index in [2.05, 4.69) is 5.10 Å². The zero-order valence-corrected chi connectivity index (χ0v) is 14.4. The van der Waals surface area contributed by atoms with Gasteiger partial charge in [-0.1, -0.05) is 47.5 Å². The number of hydrogen-bond donors (Lipinski definition) is 0. The Balaban J connectivity index is 2.15. The lowest BCUT2D eigenvalue weighted by molar-refractivity contribution is 0.590. The van der Waals surface area contributed by atoms with Gasteiger partial charge in [-0.2, -0.15) is 5.10 Å². The maximum atomic E-state index is 12.7. The Kier molecular flexibility index (Phi) is 4.19. The molecule has 0 amide bonds. The van der Waals surface area contributed by atoms with Crippen LogP contribution >= 0.6 is 23.2 Å². The molecule has 1 aromatic heterocycles. The van der Waals surface area contributed by atoms with Crippen LogP contribution in [0.3, 0.4) is 0 Å². The van der Waals surface area contributed by atoms with E-state index in [1.807, 2.05) is 6.07 Å². The minimum atomic E-state index is -3.80. The zero-order chi connectivity index (χ0) is 16.6. The molecule has 23 heavy (non-hydrogen) atoms. The third kappa shape index (κ3) is 2.87. The maximum Gasteiger partial charge on any atom is 0.227 e. The number of para-hydroxylation sites is 1. The number of halogens is 2. The smallest absolute Gasteiger partial charge is 0.227 e. The topological polar surface area (TPSA) is 52.0 Å². The molecule has 0 fully saturated rings. The number of hydrogen-bond acceptors (Lipinski definition) is 3. The monoisotopic (exact) mass is 366 g/mol. The summed E-state index contributed by atoms with van der Waals surface area (Å²) in [6, 6.07) is 14.9. The van der Waals surface area contributed by atoms with Crippen molar-refractivity contribution in [3.63, 3.8) is 0 Å². The number of nitrogens with zero attached hydrogens (tertiary/aromatic N) is 2. The van der Waals surface area contributed by atoms with Gasteiger partial charge in [0.15, 0.2) is 5.03 Å². The third-order valence-electron chi connectivity index (χ3n) is 3.35. The molecule has 3 aromatic rings. The molecule has 3 rings (SSSR count). The lowest BCUT2D eigenvalue weighted by atomic mass is 10.3. The fourth-order valence-corrected chi connectivity index (χ4v) is 4.20. The molecule has 0 bridgehead atoms. The summed E-state index contributed by atoms with van der Waals surface area (Å²) in [7, 11) is -3.80. The highest BCUT2D eigenvalue weighted by Gasteiger charge is 2.25. The summed E-state index contributed by atoms with van der Waals surface area (Å²) in [5.41, 5.74) is 1.27. The van der Waals surface area contributed by atoms with Crippen LogP contribution in [0.1, 0.15) is 5.69 Å². The van der Waals surface area contributed by atoms with E-state index in [1.165, 1.54) is 22.9 Å². The van der Waals surface area contributed by atoms with Crippen LogP contribution in [0.2, 0.25) is 10.0 Å². The molecule has 0 radical (unpaired) electrons. The van der Waals surface area contributed by atoms with Crippen LogP contribution in [0.25, 0.3) is 5.69 Å². The van der Waals surface area contributed by atoms with Crippen molar-refractivity contribution in [2.24, 2.45) is 0 Å². The molecule has 2 aromatic carbocycles. The first-order valence-electron chi connectivity index (χ1n) is 6.72.